The maximum atomic E-state index is 12.2. The van der Waals surface area contributed by atoms with Crippen LogP contribution in [-0.4, -0.2) is 48.5 Å². The fraction of sp³-hybridized carbons (Fsp3) is 0.550. The van der Waals surface area contributed by atoms with Crippen LogP contribution in [0.5, 0.6) is 0 Å². The van der Waals surface area contributed by atoms with E-state index >= 15 is 0 Å². The topological polar surface area (TPSA) is 79.0 Å². The van der Waals surface area contributed by atoms with E-state index in [4.69, 9.17) is 4.74 Å². The third-order valence-corrected chi connectivity index (χ3v) is 4.89. The molecular weight excluding hydrogens is 346 g/mol. The van der Waals surface area contributed by atoms with Crippen LogP contribution < -0.4 is 10.2 Å². The lowest BCUT2D eigenvalue weighted by Crippen LogP contribution is -2.43. The maximum Gasteiger partial charge on any atom is 0.410 e. The van der Waals surface area contributed by atoms with Gasteiger partial charge >= 0.3 is 6.09 Å². The molecule has 27 heavy (non-hydrogen) atoms. The first-order chi connectivity index (χ1) is 12.7. The fourth-order valence-corrected chi connectivity index (χ4v) is 3.51. The van der Waals surface area contributed by atoms with Gasteiger partial charge in [0.15, 0.2) is 0 Å². The standard InChI is InChI=1S/C20H27N3O4/c1-20(2,3)27-19(26)22-8-6-14(7-9-22)12-23(13-24)16-4-5-17-15(10-16)11-18(25)21-17/h4-5,10,13-14H,6-9,11-12H2,1-3H3,(H,21,25). The van der Waals surface area contributed by atoms with Crippen molar-refractivity contribution < 1.29 is 19.1 Å². The molecule has 1 N–H and O–H groups in total. The number of likely N-dealkylation sites (tertiary alicyclic amines) is 1. The normalized spacial score (nSPS) is 17.3. The van der Waals surface area contributed by atoms with Gasteiger partial charge in [0.05, 0.1) is 6.42 Å². The number of nitrogens with one attached hydrogen (secondary N) is 1. The van der Waals surface area contributed by atoms with Crippen molar-refractivity contribution in [2.75, 3.05) is 29.9 Å². The van der Waals surface area contributed by atoms with Crippen LogP contribution in [-0.2, 0) is 20.7 Å². The summed E-state index contributed by atoms with van der Waals surface area (Å²) < 4.78 is 5.42. The van der Waals surface area contributed by atoms with Crippen molar-refractivity contribution in [3.05, 3.63) is 23.8 Å². The van der Waals surface area contributed by atoms with Crippen molar-refractivity contribution in [2.24, 2.45) is 5.92 Å². The molecule has 0 unspecified atom stereocenters. The molecule has 7 heteroatoms. The van der Waals surface area contributed by atoms with E-state index in [0.29, 0.717) is 32.0 Å². The number of hydrogen-bond donors (Lipinski definition) is 1. The Morgan fingerprint density at radius 2 is 2.04 bits per heavy atom. The van der Waals surface area contributed by atoms with Crippen molar-refractivity contribution in [3.63, 3.8) is 0 Å². The number of anilines is 2. The number of fused-ring (bicyclic) bond motifs is 1. The number of hydrogen-bond acceptors (Lipinski definition) is 4. The quantitative estimate of drug-likeness (QED) is 0.823. The van der Waals surface area contributed by atoms with Crippen LogP contribution >= 0.6 is 0 Å². The van der Waals surface area contributed by atoms with Crippen LogP contribution in [0.3, 0.4) is 0 Å². The lowest BCUT2D eigenvalue weighted by molar-refractivity contribution is -0.115. The molecule has 2 aliphatic rings. The van der Waals surface area contributed by atoms with Gasteiger partial charge in [-0.05, 0) is 63.3 Å². The maximum absolute atomic E-state index is 12.2. The highest BCUT2D eigenvalue weighted by atomic mass is 16.6. The molecule has 0 aliphatic carbocycles. The Balaban J connectivity index is 1.56. The average Bonchev–Trinajstić information content (AvgIpc) is 2.97. The zero-order valence-corrected chi connectivity index (χ0v) is 16.2. The lowest BCUT2D eigenvalue weighted by Gasteiger charge is -2.35. The minimum atomic E-state index is -0.494. The first-order valence-corrected chi connectivity index (χ1v) is 9.38. The van der Waals surface area contributed by atoms with E-state index in [2.05, 4.69) is 5.32 Å². The van der Waals surface area contributed by atoms with Crippen molar-refractivity contribution >= 4 is 29.8 Å². The molecule has 7 nitrogen and oxygen atoms in total. The monoisotopic (exact) mass is 373 g/mol. The zero-order chi connectivity index (χ0) is 19.6. The smallest absolute Gasteiger partial charge is 0.410 e. The van der Waals surface area contributed by atoms with Gasteiger partial charge in [0.2, 0.25) is 12.3 Å². The van der Waals surface area contributed by atoms with Gasteiger partial charge in [0.25, 0.3) is 0 Å². The summed E-state index contributed by atoms with van der Waals surface area (Å²) in [4.78, 5) is 38.7. The first-order valence-electron chi connectivity index (χ1n) is 9.38. The van der Waals surface area contributed by atoms with Gasteiger partial charge in [-0.25, -0.2) is 4.79 Å². The van der Waals surface area contributed by atoms with Crippen LogP contribution in [0, 0.1) is 5.92 Å². The van der Waals surface area contributed by atoms with Crippen molar-refractivity contribution in [1.29, 1.82) is 0 Å². The molecule has 0 saturated carbocycles. The number of piperidine rings is 1. The van der Waals surface area contributed by atoms with E-state index in [1.54, 1.807) is 9.80 Å². The number of ether oxygens (including phenoxy) is 1. The Hall–Kier alpha value is -2.57. The molecule has 1 fully saturated rings. The second-order valence-electron chi connectivity index (χ2n) is 8.23. The highest BCUT2D eigenvalue weighted by molar-refractivity contribution is 5.99. The molecule has 146 valence electrons. The molecule has 0 radical (unpaired) electrons. The van der Waals surface area contributed by atoms with Crippen LogP contribution in [0.4, 0.5) is 16.2 Å². The van der Waals surface area contributed by atoms with E-state index in [-0.39, 0.29) is 12.0 Å². The summed E-state index contributed by atoms with van der Waals surface area (Å²) >= 11 is 0. The number of benzene rings is 1. The molecule has 2 heterocycles. The van der Waals surface area contributed by atoms with Gasteiger partial charge < -0.3 is 19.9 Å². The molecule has 1 saturated heterocycles. The highest BCUT2D eigenvalue weighted by Gasteiger charge is 2.28. The second kappa shape index (κ2) is 7.58. The molecule has 0 aromatic heterocycles. The third-order valence-electron chi connectivity index (χ3n) is 4.89. The highest BCUT2D eigenvalue weighted by Crippen LogP contribution is 2.29. The van der Waals surface area contributed by atoms with Crippen LogP contribution in [0.25, 0.3) is 0 Å². The van der Waals surface area contributed by atoms with Crippen LogP contribution in [0.15, 0.2) is 18.2 Å². The van der Waals surface area contributed by atoms with E-state index < -0.39 is 5.60 Å². The fourth-order valence-electron chi connectivity index (χ4n) is 3.51. The van der Waals surface area contributed by atoms with Crippen LogP contribution in [0.1, 0.15) is 39.2 Å². The molecule has 0 atom stereocenters. The lowest BCUT2D eigenvalue weighted by atomic mass is 9.96. The summed E-state index contributed by atoms with van der Waals surface area (Å²) in [6.07, 6.45) is 2.57. The summed E-state index contributed by atoms with van der Waals surface area (Å²) in [5.74, 6) is 0.302. The molecule has 3 amide bonds. The van der Waals surface area contributed by atoms with E-state index in [9.17, 15) is 14.4 Å². The van der Waals surface area contributed by atoms with Gasteiger partial charge in [0.1, 0.15) is 5.60 Å². The summed E-state index contributed by atoms with van der Waals surface area (Å²) in [5.41, 5.74) is 2.05. The Labute approximate surface area is 159 Å². The largest absolute Gasteiger partial charge is 0.444 e. The van der Waals surface area contributed by atoms with E-state index in [1.165, 1.54) is 0 Å². The molecule has 1 aromatic carbocycles. The summed E-state index contributed by atoms with van der Waals surface area (Å²) in [7, 11) is 0. The van der Waals surface area contributed by atoms with Gasteiger partial charge in [-0.3, -0.25) is 9.59 Å². The molecular formula is C20H27N3O4. The molecule has 3 rings (SSSR count). The minimum Gasteiger partial charge on any atom is -0.444 e. The SMILES string of the molecule is CC(C)(C)OC(=O)N1CCC(CN(C=O)c2ccc3c(c2)CC(=O)N3)CC1. The molecule has 0 bridgehead atoms. The Kier molecular flexibility index (Phi) is 5.39. The summed E-state index contributed by atoms with van der Waals surface area (Å²) in [6.45, 7) is 7.45. The minimum absolute atomic E-state index is 0.0192. The van der Waals surface area contributed by atoms with E-state index in [1.807, 2.05) is 39.0 Å². The predicted molar refractivity (Wildman–Crippen MR) is 103 cm³/mol. The van der Waals surface area contributed by atoms with Crippen molar-refractivity contribution in [2.45, 2.75) is 45.6 Å². The van der Waals surface area contributed by atoms with Crippen LogP contribution in [0.2, 0.25) is 0 Å². The van der Waals surface area contributed by atoms with Crippen molar-refractivity contribution in [3.8, 4) is 0 Å². The molecule has 1 aromatic rings. The Morgan fingerprint density at radius 3 is 2.67 bits per heavy atom. The Morgan fingerprint density at radius 1 is 1.33 bits per heavy atom. The molecule has 2 aliphatic heterocycles. The van der Waals surface area contributed by atoms with E-state index in [0.717, 1.165) is 36.2 Å². The van der Waals surface area contributed by atoms with Crippen molar-refractivity contribution in [1.82, 2.24) is 4.90 Å². The van der Waals surface area contributed by atoms with Gasteiger partial charge in [0, 0.05) is 31.0 Å². The first kappa shape index (κ1) is 19.2. The third kappa shape index (κ3) is 4.78. The average molecular weight is 373 g/mol. The van der Waals surface area contributed by atoms with Gasteiger partial charge in [-0.15, -0.1) is 0 Å². The number of amides is 3. The Bertz CT molecular complexity index is 733. The number of carbonyl (C=O) groups is 3. The zero-order valence-electron chi connectivity index (χ0n) is 16.2. The second-order valence-corrected chi connectivity index (χ2v) is 8.23. The summed E-state index contributed by atoms with van der Waals surface area (Å²) in [6, 6.07) is 5.60. The van der Waals surface area contributed by atoms with Gasteiger partial charge in [-0.1, -0.05) is 0 Å². The number of nitrogens with zero attached hydrogens (tertiary/aromatic N) is 2. The summed E-state index contributed by atoms with van der Waals surface area (Å²) in [5, 5.41) is 2.80. The van der Waals surface area contributed by atoms with Gasteiger partial charge in [-0.2, -0.15) is 0 Å². The predicted octanol–water partition coefficient (Wildman–Crippen LogP) is 2.79. The number of rotatable bonds is 4. The number of carbonyl (C=O) groups excluding carboxylic acids is 3. The molecule has 0 spiro atoms.